The van der Waals surface area contributed by atoms with Crippen LogP contribution in [0.25, 0.3) is 11.8 Å². The number of aromatic nitrogens is 1. The molecule has 6 nitrogen and oxygen atoms in total. The summed E-state index contributed by atoms with van der Waals surface area (Å²) in [5, 5.41) is 16.5. The highest BCUT2D eigenvalue weighted by molar-refractivity contribution is 8.26. The molecule has 2 aromatic rings. The number of nitrogens with one attached hydrogen (secondary N) is 1. The predicted molar refractivity (Wildman–Crippen MR) is 116 cm³/mol. The zero-order chi connectivity index (χ0) is 19.8. The Hall–Kier alpha value is -2.35. The van der Waals surface area contributed by atoms with E-state index in [9.17, 15) is 4.79 Å². The van der Waals surface area contributed by atoms with Gasteiger partial charge in [0.15, 0.2) is 5.84 Å². The van der Waals surface area contributed by atoms with E-state index >= 15 is 0 Å². The van der Waals surface area contributed by atoms with Crippen LogP contribution in [0.5, 0.6) is 0 Å². The van der Waals surface area contributed by atoms with E-state index in [0.29, 0.717) is 15.2 Å². The van der Waals surface area contributed by atoms with Crippen LogP contribution in [0.15, 0.2) is 52.2 Å². The van der Waals surface area contributed by atoms with Crippen LogP contribution in [0.2, 0.25) is 10.0 Å². The van der Waals surface area contributed by atoms with Crippen molar-refractivity contribution in [2.45, 2.75) is 19.8 Å². The standard InChI is InChI=1S/C19H15Cl2N5OS/c1-2-4-16-24-26-17(22)13(18(27)23-19(26)28-16)9-11-5-3-8-25(11)12-6-7-14(20)15(21)10-12/h3,5-10,22H,2,4H2,1H3/b13-9+,22-17?. The number of thioether (sulfide) groups is 1. The third-order valence-electron chi connectivity index (χ3n) is 4.21. The molecule has 0 bridgehead atoms. The molecule has 1 N–H and O–H groups in total. The van der Waals surface area contributed by atoms with Gasteiger partial charge in [0, 0.05) is 17.6 Å². The van der Waals surface area contributed by atoms with Crippen LogP contribution in [-0.2, 0) is 4.79 Å². The lowest BCUT2D eigenvalue weighted by Gasteiger charge is -2.20. The van der Waals surface area contributed by atoms with Gasteiger partial charge in [0.2, 0.25) is 5.17 Å². The van der Waals surface area contributed by atoms with Gasteiger partial charge in [0.05, 0.1) is 15.6 Å². The number of amides is 1. The van der Waals surface area contributed by atoms with E-state index in [1.165, 1.54) is 16.8 Å². The number of amidine groups is 2. The van der Waals surface area contributed by atoms with Crippen LogP contribution in [0, 0.1) is 5.41 Å². The first-order valence-electron chi connectivity index (χ1n) is 8.60. The molecule has 28 heavy (non-hydrogen) atoms. The molecular formula is C19H15Cl2N5OS. The molecule has 2 aliphatic heterocycles. The van der Waals surface area contributed by atoms with Crippen LogP contribution in [0.3, 0.4) is 0 Å². The number of hydrazone groups is 1. The molecule has 9 heteroatoms. The number of halogens is 2. The summed E-state index contributed by atoms with van der Waals surface area (Å²) in [7, 11) is 0. The molecule has 0 unspecified atom stereocenters. The Morgan fingerprint density at radius 1 is 1.25 bits per heavy atom. The molecule has 1 amide bonds. The van der Waals surface area contributed by atoms with Crippen LogP contribution < -0.4 is 0 Å². The van der Waals surface area contributed by atoms with Crippen molar-refractivity contribution >= 4 is 63.0 Å². The van der Waals surface area contributed by atoms with Crippen molar-refractivity contribution in [3.8, 4) is 5.69 Å². The van der Waals surface area contributed by atoms with Crippen molar-refractivity contribution in [2.75, 3.05) is 0 Å². The molecule has 3 heterocycles. The molecule has 0 saturated heterocycles. The maximum atomic E-state index is 12.5. The third kappa shape index (κ3) is 3.41. The van der Waals surface area contributed by atoms with Crippen LogP contribution in [0.4, 0.5) is 0 Å². The minimum atomic E-state index is -0.446. The third-order valence-corrected chi connectivity index (χ3v) is 5.92. The van der Waals surface area contributed by atoms with Crippen molar-refractivity contribution < 1.29 is 4.79 Å². The van der Waals surface area contributed by atoms with Crippen molar-refractivity contribution in [2.24, 2.45) is 10.1 Å². The SMILES string of the molecule is CCCC1=NN2C(=N)/C(=C\c3cccn3-c3ccc(Cl)c(Cl)c3)C(=O)N=C2S1. The minimum absolute atomic E-state index is 0.0236. The molecular weight excluding hydrogens is 417 g/mol. The van der Waals surface area contributed by atoms with Crippen LogP contribution in [-0.4, -0.2) is 31.5 Å². The molecule has 0 saturated carbocycles. The minimum Gasteiger partial charge on any atom is -0.317 e. The smallest absolute Gasteiger partial charge is 0.283 e. The Morgan fingerprint density at radius 2 is 2.07 bits per heavy atom. The first-order chi connectivity index (χ1) is 13.5. The molecule has 4 rings (SSSR count). The number of carbonyl (C=O) groups is 1. The van der Waals surface area contributed by atoms with Gasteiger partial charge >= 0.3 is 0 Å². The molecule has 142 valence electrons. The Balaban J connectivity index is 1.71. The Morgan fingerprint density at radius 3 is 2.82 bits per heavy atom. The molecule has 0 atom stereocenters. The zero-order valence-electron chi connectivity index (χ0n) is 14.8. The number of nitrogens with zero attached hydrogens (tertiary/aromatic N) is 4. The fraction of sp³-hybridized carbons (Fsp3) is 0.158. The van der Waals surface area contributed by atoms with Crippen molar-refractivity contribution in [3.05, 3.63) is 57.8 Å². The van der Waals surface area contributed by atoms with Crippen LogP contribution >= 0.6 is 35.0 Å². The summed E-state index contributed by atoms with van der Waals surface area (Å²) in [6, 6.07) is 8.99. The van der Waals surface area contributed by atoms with E-state index in [0.717, 1.165) is 29.3 Å². The summed E-state index contributed by atoms with van der Waals surface area (Å²) in [5.41, 5.74) is 1.70. The van der Waals surface area contributed by atoms with Crippen molar-refractivity contribution in [3.63, 3.8) is 0 Å². The highest BCUT2D eigenvalue weighted by Gasteiger charge is 2.35. The maximum Gasteiger partial charge on any atom is 0.283 e. The Bertz CT molecular complexity index is 1090. The normalized spacial score (nSPS) is 17.8. The quantitative estimate of drug-likeness (QED) is 0.675. The Labute approximate surface area is 176 Å². The van der Waals surface area contributed by atoms with Gasteiger partial charge in [-0.05, 0) is 61.0 Å². The number of carbonyl (C=O) groups excluding carboxylic acids is 1. The van der Waals surface area contributed by atoms with E-state index in [4.69, 9.17) is 28.6 Å². The number of rotatable bonds is 4. The molecule has 2 aliphatic rings. The van der Waals surface area contributed by atoms with E-state index in [-0.39, 0.29) is 11.4 Å². The summed E-state index contributed by atoms with van der Waals surface area (Å²) in [6.45, 7) is 2.06. The zero-order valence-corrected chi connectivity index (χ0v) is 17.1. The number of aliphatic imine (C=N–C) groups is 1. The van der Waals surface area contributed by atoms with Gasteiger partial charge < -0.3 is 4.57 Å². The van der Waals surface area contributed by atoms with Crippen molar-refractivity contribution in [1.82, 2.24) is 9.58 Å². The fourth-order valence-corrected chi connectivity index (χ4v) is 4.16. The number of hydrogen-bond acceptors (Lipinski definition) is 4. The van der Waals surface area contributed by atoms with E-state index in [2.05, 4.69) is 17.0 Å². The predicted octanol–water partition coefficient (Wildman–Crippen LogP) is 5.20. The topological polar surface area (TPSA) is 73.8 Å². The van der Waals surface area contributed by atoms with Gasteiger partial charge in [-0.25, -0.2) is 0 Å². The van der Waals surface area contributed by atoms with E-state index in [1.807, 2.05) is 29.0 Å². The average Bonchev–Trinajstić information content (AvgIpc) is 3.28. The van der Waals surface area contributed by atoms with Gasteiger partial charge in [0.1, 0.15) is 5.04 Å². The summed E-state index contributed by atoms with van der Waals surface area (Å²) < 4.78 is 1.86. The lowest BCUT2D eigenvalue weighted by molar-refractivity contribution is -0.114. The summed E-state index contributed by atoms with van der Waals surface area (Å²) in [6.07, 6.45) is 5.22. The van der Waals surface area contributed by atoms with Gasteiger partial charge in [-0.2, -0.15) is 15.1 Å². The van der Waals surface area contributed by atoms with E-state index in [1.54, 1.807) is 18.2 Å². The number of benzene rings is 1. The second-order valence-corrected chi connectivity index (χ2v) is 8.02. The van der Waals surface area contributed by atoms with Gasteiger partial charge in [-0.3, -0.25) is 10.2 Å². The lowest BCUT2D eigenvalue weighted by atomic mass is 10.1. The van der Waals surface area contributed by atoms with E-state index < -0.39 is 5.91 Å². The highest BCUT2D eigenvalue weighted by Crippen LogP contribution is 2.30. The second-order valence-electron chi connectivity index (χ2n) is 6.17. The average molecular weight is 432 g/mol. The lowest BCUT2D eigenvalue weighted by Crippen LogP contribution is -2.35. The maximum absolute atomic E-state index is 12.5. The van der Waals surface area contributed by atoms with Gasteiger partial charge in [-0.1, -0.05) is 30.1 Å². The molecule has 0 fully saturated rings. The first kappa shape index (κ1) is 19.0. The summed E-state index contributed by atoms with van der Waals surface area (Å²) >= 11 is 13.5. The Kier molecular flexibility index (Phi) is 5.14. The van der Waals surface area contributed by atoms with Crippen LogP contribution in [0.1, 0.15) is 25.5 Å². The summed E-state index contributed by atoms with van der Waals surface area (Å²) in [4.78, 5) is 16.7. The first-order valence-corrected chi connectivity index (χ1v) is 10.2. The highest BCUT2D eigenvalue weighted by atomic mass is 35.5. The summed E-state index contributed by atoms with van der Waals surface area (Å²) in [5.74, 6) is -0.422. The monoisotopic (exact) mass is 431 g/mol. The van der Waals surface area contributed by atoms with Gasteiger partial charge in [-0.15, -0.1) is 0 Å². The molecule has 0 aliphatic carbocycles. The molecule has 0 spiro atoms. The van der Waals surface area contributed by atoms with Crippen molar-refractivity contribution in [1.29, 1.82) is 5.41 Å². The molecule has 0 radical (unpaired) electrons. The largest absolute Gasteiger partial charge is 0.317 e. The second kappa shape index (κ2) is 7.58. The number of fused-ring (bicyclic) bond motifs is 1. The molecule has 1 aromatic carbocycles. The fourth-order valence-electron chi connectivity index (χ4n) is 2.88. The molecule has 1 aromatic heterocycles. The number of hydrogen-bond donors (Lipinski definition) is 1. The van der Waals surface area contributed by atoms with Gasteiger partial charge in [0.25, 0.3) is 5.91 Å².